The quantitative estimate of drug-likeness (QED) is 0.700. The largest absolute Gasteiger partial charge is 0.349 e. The molecule has 2 aromatic carbocycles. The summed E-state index contributed by atoms with van der Waals surface area (Å²) in [4.78, 5) is 12.4. The molecule has 1 N–H and O–H groups in total. The minimum absolute atomic E-state index is 0.0882. The molecule has 0 bridgehead atoms. The summed E-state index contributed by atoms with van der Waals surface area (Å²) >= 11 is 13.3. The van der Waals surface area contributed by atoms with Crippen LogP contribution in [0.3, 0.4) is 0 Å². The van der Waals surface area contributed by atoms with Crippen LogP contribution in [-0.2, 0) is 20.4 Å². The maximum atomic E-state index is 12.1. The van der Waals surface area contributed by atoms with E-state index in [1.165, 1.54) is 11.8 Å². The van der Waals surface area contributed by atoms with E-state index in [4.69, 9.17) is 23.2 Å². The van der Waals surface area contributed by atoms with Gasteiger partial charge in [-0.2, -0.15) is 0 Å². The van der Waals surface area contributed by atoms with Crippen LogP contribution in [0, 0.1) is 0 Å². The van der Waals surface area contributed by atoms with Gasteiger partial charge in [-0.15, -0.1) is 11.8 Å². The lowest BCUT2D eigenvalue weighted by Gasteiger charge is -2.14. The number of thioether (sulfide) groups is 1. The van der Waals surface area contributed by atoms with Gasteiger partial charge in [0.15, 0.2) is 9.84 Å². The third-order valence-electron chi connectivity index (χ3n) is 3.67. The highest BCUT2D eigenvalue weighted by Crippen LogP contribution is 2.24. The van der Waals surface area contributed by atoms with E-state index < -0.39 is 9.84 Å². The van der Waals surface area contributed by atoms with E-state index in [1.54, 1.807) is 36.4 Å². The normalized spacial score (nSPS) is 12.6. The smallest absolute Gasteiger partial charge is 0.230 e. The second-order valence-corrected chi connectivity index (χ2v) is 9.69. The Kier molecular flexibility index (Phi) is 7.41. The molecule has 0 radical (unpaired) electrons. The van der Waals surface area contributed by atoms with Gasteiger partial charge in [0, 0.05) is 12.0 Å². The summed E-state index contributed by atoms with van der Waals surface area (Å²) in [6.45, 7) is 1.86. The second kappa shape index (κ2) is 9.13. The third kappa shape index (κ3) is 6.20. The fourth-order valence-electron chi connectivity index (χ4n) is 2.26. The number of hydrogen-bond donors (Lipinski definition) is 1. The fourth-order valence-corrected chi connectivity index (χ4v) is 4.00. The van der Waals surface area contributed by atoms with Crippen molar-refractivity contribution in [2.24, 2.45) is 0 Å². The van der Waals surface area contributed by atoms with Crippen molar-refractivity contribution in [3.63, 3.8) is 0 Å². The molecule has 1 amide bonds. The summed E-state index contributed by atoms with van der Waals surface area (Å²) in [7, 11) is -3.22. The molecule has 140 valence electrons. The molecule has 4 nitrogen and oxygen atoms in total. The van der Waals surface area contributed by atoms with Crippen LogP contribution < -0.4 is 5.32 Å². The molecule has 0 aliphatic heterocycles. The Bertz CT molecular complexity index is 884. The molecule has 0 fully saturated rings. The summed E-state index contributed by atoms with van der Waals surface area (Å²) < 4.78 is 23.0. The Morgan fingerprint density at radius 1 is 1.12 bits per heavy atom. The molecule has 0 saturated carbocycles. The zero-order valence-electron chi connectivity index (χ0n) is 14.3. The van der Waals surface area contributed by atoms with Gasteiger partial charge in [-0.1, -0.05) is 41.4 Å². The standard InChI is InChI=1S/C18H19Cl2NO3S2/c1-12(14-4-6-15(7-5-14)26(2,23)24)21-18(22)11-25-10-13-3-8-16(19)17(20)9-13/h3-9,12H,10-11H2,1-2H3,(H,21,22)/t12-/m0/s1. The van der Waals surface area contributed by atoms with Crippen molar-refractivity contribution in [3.8, 4) is 0 Å². The van der Waals surface area contributed by atoms with Crippen LogP contribution in [0.1, 0.15) is 24.1 Å². The molecule has 0 aliphatic rings. The highest BCUT2D eigenvalue weighted by atomic mass is 35.5. The first-order valence-corrected chi connectivity index (χ1v) is 11.6. The van der Waals surface area contributed by atoms with Crippen LogP contribution in [0.4, 0.5) is 0 Å². The van der Waals surface area contributed by atoms with Crippen molar-refractivity contribution >= 4 is 50.7 Å². The number of sulfone groups is 1. The van der Waals surface area contributed by atoms with Crippen molar-refractivity contribution in [2.45, 2.75) is 23.6 Å². The van der Waals surface area contributed by atoms with Gasteiger partial charge in [0.05, 0.1) is 26.7 Å². The van der Waals surface area contributed by atoms with Crippen LogP contribution in [0.25, 0.3) is 0 Å². The van der Waals surface area contributed by atoms with Gasteiger partial charge in [-0.05, 0) is 42.3 Å². The van der Waals surface area contributed by atoms with Crippen LogP contribution in [0.2, 0.25) is 10.0 Å². The van der Waals surface area contributed by atoms with E-state index in [1.807, 2.05) is 13.0 Å². The Morgan fingerprint density at radius 3 is 2.35 bits per heavy atom. The van der Waals surface area contributed by atoms with Crippen molar-refractivity contribution in [1.82, 2.24) is 5.32 Å². The molecule has 2 rings (SSSR count). The van der Waals surface area contributed by atoms with E-state index in [0.29, 0.717) is 21.6 Å². The number of hydrogen-bond acceptors (Lipinski definition) is 4. The Balaban J connectivity index is 1.84. The number of halogens is 2. The number of nitrogens with one attached hydrogen (secondary N) is 1. The van der Waals surface area contributed by atoms with E-state index >= 15 is 0 Å². The summed E-state index contributed by atoms with van der Waals surface area (Å²) in [5.74, 6) is 0.878. The molecular formula is C18H19Cl2NO3S2. The van der Waals surface area contributed by atoms with Crippen LogP contribution in [0.15, 0.2) is 47.4 Å². The van der Waals surface area contributed by atoms with E-state index in [0.717, 1.165) is 17.4 Å². The maximum Gasteiger partial charge on any atom is 0.230 e. The minimum Gasteiger partial charge on any atom is -0.349 e. The zero-order chi connectivity index (χ0) is 19.3. The molecule has 1 atom stereocenters. The van der Waals surface area contributed by atoms with Gasteiger partial charge < -0.3 is 5.32 Å². The van der Waals surface area contributed by atoms with Gasteiger partial charge in [-0.3, -0.25) is 4.79 Å². The predicted octanol–water partition coefficient (Wildman–Crippen LogP) is 4.51. The van der Waals surface area contributed by atoms with Gasteiger partial charge in [-0.25, -0.2) is 8.42 Å². The fraction of sp³-hybridized carbons (Fsp3) is 0.278. The Hall–Kier alpha value is -1.21. The highest BCUT2D eigenvalue weighted by Gasteiger charge is 2.12. The Morgan fingerprint density at radius 2 is 1.77 bits per heavy atom. The summed E-state index contributed by atoms with van der Waals surface area (Å²) in [6.07, 6.45) is 1.16. The van der Waals surface area contributed by atoms with Crippen LogP contribution in [0.5, 0.6) is 0 Å². The SMILES string of the molecule is C[C@H](NC(=O)CSCc1ccc(Cl)c(Cl)c1)c1ccc(S(C)(=O)=O)cc1. The Labute approximate surface area is 168 Å². The average Bonchev–Trinajstić information content (AvgIpc) is 2.57. The van der Waals surface area contributed by atoms with Crippen LogP contribution in [-0.4, -0.2) is 26.3 Å². The zero-order valence-corrected chi connectivity index (χ0v) is 17.5. The van der Waals surface area contributed by atoms with E-state index in [-0.39, 0.29) is 16.8 Å². The van der Waals surface area contributed by atoms with E-state index in [9.17, 15) is 13.2 Å². The van der Waals surface area contributed by atoms with Gasteiger partial charge in [0.25, 0.3) is 0 Å². The molecule has 0 spiro atoms. The molecule has 8 heteroatoms. The van der Waals surface area contributed by atoms with E-state index in [2.05, 4.69) is 5.32 Å². The monoisotopic (exact) mass is 431 g/mol. The molecule has 0 aliphatic carbocycles. The molecule has 0 heterocycles. The van der Waals surface area contributed by atoms with Crippen molar-refractivity contribution in [3.05, 3.63) is 63.6 Å². The number of rotatable bonds is 7. The highest BCUT2D eigenvalue weighted by molar-refractivity contribution is 7.99. The molecular weight excluding hydrogens is 413 g/mol. The molecule has 0 saturated heterocycles. The molecule has 26 heavy (non-hydrogen) atoms. The first-order chi connectivity index (χ1) is 12.2. The van der Waals surface area contributed by atoms with Crippen LogP contribution >= 0.6 is 35.0 Å². The number of amides is 1. The summed E-state index contributed by atoms with van der Waals surface area (Å²) in [5.41, 5.74) is 1.85. The molecule has 0 aromatic heterocycles. The van der Waals surface area contributed by atoms with Gasteiger partial charge in [0.1, 0.15) is 0 Å². The van der Waals surface area contributed by atoms with Crippen molar-refractivity contribution in [1.29, 1.82) is 0 Å². The lowest BCUT2D eigenvalue weighted by molar-refractivity contribution is -0.119. The topological polar surface area (TPSA) is 63.2 Å². The number of carbonyl (C=O) groups is 1. The first kappa shape index (κ1) is 21.1. The maximum absolute atomic E-state index is 12.1. The first-order valence-electron chi connectivity index (χ1n) is 7.78. The second-order valence-electron chi connectivity index (χ2n) is 5.87. The summed E-state index contributed by atoms with van der Waals surface area (Å²) in [6, 6.07) is 11.7. The van der Waals surface area contributed by atoms with Crippen molar-refractivity contribution in [2.75, 3.05) is 12.0 Å². The molecule has 2 aromatic rings. The average molecular weight is 432 g/mol. The van der Waals surface area contributed by atoms with Crippen molar-refractivity contribution < 1.29 is 13.2 Å². The molecule has 0 unspecified atom stereocenters. The minimum atomic E-state index is -3.22. The lowest BCUT2D eigenvalue weighted by atomic mass is 10.1. The van der Waals surface area contributed by atoms with Gasteiger partial charge in [0.2, 0.25) is 5.91 Å². The predicted molar refractivity (Wildman–Crippen MR) is 109 cm³/mol. The number of benzene rings is 2. The summed E-state index contributed by atoms with van der Waals surface area (Å²) in [5, 5.41) is 3.91. The third-order valence-corrected chi connectivity index (χ3v) is 6.54. The lowest BCUT2D eigenvalue weighted by Crippen LogP contribution is -2.28. The van der Waals surface area contributed by atoms with Gasteiger partial charge >= 0.3 is 0 Å². The number of carbonyl (C=O) groups excluding carboxylic acids is 1.